The van der Waals surface area contributed by atoms with Crippen molar-refractivity contribution in [3.63, 3.8) is 0 Å². The fraction of sp³-hybridized carbons (Fsp3) is 0.118. The number of rotatable bonds is 3. The summed E-state index contributed by atoms with van der Waals surface area (Å²) < 4.78 is 1.86. The van der Waals surface area contributed by atoms with Gasteiger partial charge in [-0.25, -0.2) is 14.3 Å². The summed E-state index contributed by atoms with van der Waals surface area (Å²) in [7, 11) is 1.84. The number of nitrogens with zero attached hydrogens (tertiary/aromatic N) is 1. The van der Waals surface area contributed by atoms with E-state index >= 15 is 0 Å². The zero-order valence-electron chi connectivity index (χ0n) is 12.0. The van der Waals surface area contributed by atoms with Gasteiger partial charge in [0.15, 0.2) is 0 Å². The van der Waals surface area contributed by atoms with Crippen LogP contribution in [-0.4, -0.2) is 11.0 Å². The van der Waals surface area contributed by atoms with Gasteiger partial charge in [-0.2, -0.15) is 0 Å². The van der Waals surface area contributed by atoms with Crippen molar-refractivity contribution in [1.29, 1.82) is 0 Å². The standard InChI is InChI=1S/C17H14N2O3/c1-19-14-9-5-4-8-13(14)16(20)18-15(19)10-11-6-2-3-7-12(11)17(21)22/h2-9H,10H2,1H3,(H,21,22). The molecule has 22 heavy (non-hydrogen) atoms. The van der Waals surface area contributed by atoms with Gasteiger partial charge in [0.25, 0.3) is 5.82 Å². The Morgan fingerprint density at radius 3 is 2.59 bits per heavy atom. The quantitative estimate of drug-likeness (QED) is 0.706. The van der Waals surface area contributed by atoms with Crippen LogP contribution in [0.3, 0.4) is 0 Å². The lowest BCUT2D eigenvalue weighted by Gasteiger charge is -2.10. The number of fused-ring (bicyclic) bond motifs is 1. The number of aromatic nitrogens is 2. The van der Waals surface area contributed by atoms with Gasteiger partial charge < -0.3 is 9.90 Å². The second-order valence-corrected chi connectivity index (χ2v) is 5.10. The predicted octanol–water partition coefficient (Wildman–Crippen LogP) is 0.307. The van der Waals surface area contributed by atoms with Crippen molar-refractivity contribution in [2.75, 3.05) is 0 Å². The van der Waals surface area contributed by atoms with Crippen molar-refractivity contribution in [3.05, 3.63) is 75.8 Å². The van der Waals surface area contributed by atoms with Crippen molar-refractivity contribution in [1.82, 2.24) is 4.98 Å². The van der Waals surface area contributed by atoms with Crippen LogP contribution < -0.4 is 15.2 Å². The molecular formula is C17H14N2O3. The number of hydrogen-bond donors (Lipinski definition) is 1. The van der Waals surface area contributed by atoms with Crippen LogP contribution in [0.15, 0.2) is 53.3 Å². The Morgan fingerprint density at radius 2 is 1.82 bits per heavy atom. The lowest BCUT2D eigenvalue weighted by atomic mass is 10.0. The molecule has 5 nitrogen and oxygen atoms in total. The summed E-state index contributed by atoms with van der Waals surface area (Å²) in [5.41, 5.74) is 1.35. The van der Waals surface area contributed by atoms with Gasteiger partial charge in [-0.1, -0.05) is 36.4 Å². The van der Waals surface area contributed by atoms with E-state index in [9.17, 15) is 14.7 Å². The van der Waals surface area contributed by atoms with Crippen LogP contribution in [-0.2, 0) is 13.5 Å². The first-order valence-electron chi connectivity index (χ1n) is 6.87. The first-order valence-corrected chi connectivity index (χ1v) is 6.87. The molecule has 0 saturated carbocycles. The number of para-hydroxylation sites is 1. The molecule has 0 fully saturated rings. The number of carboxylic acid groups (broad SMARTS) is 1. The lowest BCUT2D eigenvalue weighted by molar-refractivity contribution is -0.655. The molecule has 0 spiro atoms. The van der Waals surface area contributed by atoms with E-state index in [1.54, 1.807) is 24.3 Å². The highest BCUT2D eigenvalue weighted by atomic mass is 16.4. The number of aromatic carboxylic acids is 1. The molecule has 0 unspecified atom stereocenters. The van der Waals surface area contributed by atoms with E-state index in [-0.39, 0.29) is 11.1 Å². The zero-order valence-corrected chi connectivity index (χ0v) is 12.0. The van der Waals surface area contributed by atoms with Crippen molar-refractivity contribution in [2.24, 2.45) is 7.05 Å². The Labute approximate surface area is 126 Å². The van der Waals surface area contributed by atoms with Crippen molar-refractivity contribution < 1.29 is 14.5 Å². The minimum atomic E-state index is -1.22. The minimum absolute atomic E-state index is 0.136. The second-order valence-electron chi connectivity index (χ2n) is 5.10. The highest BCUT2D eigenvalue weighted by Crippen LogP contribution is 2.12. The van der Waals surface area contributed by atoms with Crippen LogP contribution in [0.2, 0.25) is 0 Å². The van der Waals surface area contributed by atoms with Crippen molar-refractivity contribution >= 4 is 16.9 Å². The normalized spacial score (nSPS) is 10.8. The maximum atomic E-state index is 12.2. The van der Waals surface area contributed by atoms with E-state index in [1.807, 2.05) is 29.8 Å². The first-order chi connectivity index (χ1) is 10.6. The monoisotopic (exact) mass is 294 g/mol. The number of aryl methyl sites for hydroxylation is 1. The molecule has 1 aromatic heterocycles. The van der Waals surface area contributed by atoms with Crippen LogP contribution in [0.5, 0.6) is 0 Å². The summed E-state index contributed by atoms with van der Waals surface area (Å²) in [6, 6.07) is 13.9. The second kappa shape index (κ2) is 5.44. The third kappa shape index (κ3) is 2.37. The molecule has 0 radical (unpaired) electrons. The van der Waals surface area contributed by atoms with Gasteiger partial charge in [0, 0.05) is 5.56 Å². The third-order valence-electron chi connectivity index (χ3n) is 3.77. The van der Waals surface area contributed by atoms with Crippen molar-refractivity contribution in [2.45, 2.75) is 6.42 Å². The zero-order chi connectivity index (χ0) is 15.7. The number of carbonyl (C=O) groups excluding carboxylic acids is 1. The molecule has 0 aliphatic heterocycles. The Bertz CT molecular complexity index is 929. The Hall–Kier alpha value is -2.95. The van der Waals surface area contributed by atoms with Gasteiger partial charge in [0.05, 0.1) is 19.4 Å². The summed E-state index contributed by atoms with van der Waals surface area (Å²) in [5.74, 6) is -0.584. The van der Waals surface area contributed by atoms with E-state index in [0.717, 1.165) is 5.52 Å². The SMILES string of the molecule is C[n+]1c(Cc2ccccc2C(=O)[O-])[nH]c(=O)c2ccccc21. The van der Waals surface area contributed by atoms with E-state index in [0.29, 0.717) is 23.2 Å². The highest BCUT2D eigenvalue weighted by molar-refractivity contribution is 5.87. The maximum Gasteiger partial charge on any atom is 0.343 e. The van der Waals surface area contributed by atoms with Crippen LogP contribution in [0.4, 0.5) is 0 Å². The minimum Gasteiger partial charge on any atom is -0.545 e. The molecule has 1 heterocycles. The molecule has 2 aromatic carbocycles. The average Bonchev–Trinajstić information content (AvgIpc) is 2.53. The van der Waals surface area contributed by atoms with E-state index in [2.05, 4.69) is 4.98 Å². The predicted molar refractivity (Wildman–Crippen MR) is 79.3 cm³/mol. The molecule has 0 atom stereocenters. The fourth-order valence-electron chi connectivity index (χ4n) is 2.60. The summed E-state index contributed by atoms with van der Waals surface area (Å²) in [4.78, 5) is 26.2. The molecule has 110 valence electrons. The van der Waals surface area contributed by atoms with E-state index in [1.165, 1.54) is 6.07 Å². The van der Waals surface area contributed by atoms with E-state index in [4.69, 9.17) is 0 Å². The molecule has 3 rings (SSSR count). The number of H-pyrrole nitrogens is 1. The number of benzene rings is 2. The van der Waals surface area contributed by atoms with Gasteiger partial charge in [0.1, 0.15) is 10.9 Å². The molecular weight excluding hydrogens is 280 g/mol. The molecule has 1 N–H and O–H groups in total. The highest BCUT2D eigenvalue weighted by Gasteiger charge is 2.16. The smallest absolute Gasteiger partial charge is 0.343 e. The van der Waals surface area contributed by atoms with Gasteiger partial charge >= 0.3 is 5.56 Å². The summed E-state index contributed by atoms with van der Waals surface area (Å²) in [6.45, 7) is 0. The largest absolute Gasteiger partial charge is 0.545 e. The van der Waals surface area contributed by atoms with Crippen molar-refractivity contribution in [3.8, 4) is 0 Å². The topological polar surface area (TPSA) is 76.9 Å². The van der Waals surface area contributed by atoms with Gasteiger partial charge in [-0.3, -0.25) is 0 Å². The van der Waals surface area contributed by atoms with Crippen LogP contribution in [0, 0.1) is 0 Å². The maximum absolute atomic E-state index is 12.2. The summed E-state index contributed by atoms with van der Waals surface area (Å²) in [6.07, 6.45) is 0.306. The Kier molecular flexibility index (Phi) is 3.47. The Morgan fingerprint density at radius 1 is 1.14 bits per heavy atom. The van der Waals surface area contributed by atoms with Gasteiger partial charge in [-0.05, 0) is 17.7 Å². The number of carbonyl (C=O) groups is 1. The molecule has 0 aliphatic rings. The van der Waals surface area contributed by atoms with Gasteiger partial charge in [-0.15, -0.1) is 0 Å². The lowest BCUT2D eigenvalue weighted by Crippen LogP contribution is -2.39. The fourth-order valence-corrected chi connectivity index (χ4v) is 2.60. The summed E-state index contributed by atoms with van der Waals surface area (Å²) >= 11 is 0. The average molecular weight is 294 g/mol. The molecule has 0 bridgehead atoms. The van der Waals surface area contributed by atoms with Crippen LogP contribution in [0.25, 0.3) is 10.9 Å². The van der Waals surface area contributed by atoms with E-state index < -0.39 is 5.97 Å². The molecule has 0 amide bonds. The Balaban J connectivity index is 2.15. The third-order valence-corrected chi connectivity index (χ3v) is 3.77. The number of nitrogens with one attached hydrogen (secondary N) is 1. The number of hydrogen-bond acceptors (Lipinski definition) is 3. The number of aromatic amines is 1. The first kappa shape index (κ1) is 14.0. The number of carboxylic acids is 1. The van der Waals surface area contributed by atoms with Crippen LogP contribution in [0.1, 0.15) is 21.7 Å². The van der Waals surface area contributed by atoms with Gasteiger partial charge in [0.2, 0.25) is 0 Å². The molecule has 5 heteroatoms. The molecule has 0 saturated heterocycles. The van der Waals surface area contributed by atoms with Crippen LogP contribution >= 0.6 is 0 Å². The molecule has 3 aromatic rings. The molecule has 0 aliphatic carbocycles. The summed E-state index contributed by atoms with van der Waals surface area (Å²) in [5, 5.41) is 11.8.